The number of rotatable bonds is 6. The Labute approximate surface area is 167 Å². The lowest BCUT2D eigenvalue weighted by Crippen LogP contribution is -2.27. The first kappa shape index (κ1) is 19.6. The van der Waals surface area contributed by atoms with E-state index in [1.807, 2.05) is 31.3 Å². The van der Waals surface area contributed by atoms with Crippen molar-refractivity contribution in [3.63, 3.8) is 0 Å². The molecule has 0 unspecified atom stereocenters. The molecule has 0 saturated carbocycles. The first-order valence-electron chi connectivity index (χ1n) is 9.55. The van der Waals surface area contributed by atoms with E-state index >= 15 is 0 Å². The first-order valence-corrected chi connectivity index (χ1v) is 9.55. The number of carbonyl (C=O) groups is 1. The van der Waals surface area contributed by atoms with E-state index in [1.165, 1.54) is 5.56 Å². The van der Waals surface area contributed by atoms with Gasteiger partial charge in [0.25, 0.3) is 0 Å². The fraction of sp³-hybridized carbons (Fsp3) is 0.250. The third-order valence-electron chi connectivity index (χ3n) is 4.97. The lowest BCUT2D eigenvalue weighted by molar-refractivity contribution is -0.124. The fourth-order valence-electron chi connectivity index (χ4n) is 3.27. The van der Waals surface area contributed by atoms with Crippen LogP contribution in [0.2, 0.25) is 0 Å². The van der Waals surface area contributed by atoms with Crippen LogP contribution in [0.4, 0.5) is 0 Å². The van der Waals surface area contributed by atoms with Gasteiger partial charge in [-0.15, -0.1) is 0 Å². The summed E-state index contributed by atoms with van der Waals surface area (Å²) in [5, 5.41) is 0. The molecule has 0 fully saturated rings. The van der Waals surface area contributed by atoms with Crippen LogP contribution in [0.1, 0.15) is 28.2 Å². The number of aryl methyl sites for hydroxylation is 2. The van der Waals surface area contributed by atoms with Crippen molar-refractivity contribution < 1.29 is 4.79 Å². The van der Waals surface area contributed by atoms with E-state index in [2.05, 4.69) is 60.7 Å². The summed E-state index contributed by atoms with van der Waals surface area (Å²) in [5.74, 6) is -0.00364. The third-order valence-corrected chi connectivity index (χ3v) is 4.97. The van der Waals surface area contributed by atoms with Gasteiger partial charge in [-0.25, -0.2) is 0 Å². The Kier molecular flexibility index (Phi) is 6.09. The van der Waals surface area contributed by atoms with Crippen molar-refractivity contribution in [3.05, 3.63) is 89.0 Å². The van der Waals surface area contributed by atoms with Gasteiger partial charge < -0.3 is 9.47 Å². The number of benzene rings is 1. The first-order chi connectivity index (χ1) is 13.5. The Morgan fingerprint density at radius 2 is 1.86 bits per heavy atom. The predicted molar refractivity (Wildman–Crippen MR) is 115 cm³/mol. The highest BCUT2D eigenvalue weighted by atomic mass is 16.2. The van der Waals surface area contributed by atoms with Gasteiger partial charge >= 0.3 is 0 Å². The highest BCUT2D eigenvalue weighted by molar-refractivity contribution is 5.91. The summed E-state index contributed by atoms with van der Waals surface area (Å²) in [6.07, 6.45) is 6.09. The van der Waals surface area contributed by atoms with Gasteiger partial charge in [0.2, 0.25) is 5.91 Å². The van der Waals surface area contributed by atoms with Crippen molar-refractivity contribution in [2.45, 2.75) is 27.2 Å². The topological polar surface area (TPSA) is 38.1 Å². The van der Waals surface area contributed by atoms with Crippen LogP contribution < -0.4 is 0 Å². The Morgan fingerprint density at radius 1 is 1.11 bits per heavy atom. The summed E-state index contributed by atoms with van der Waals surface area (Å²) in [7, 11) is 1.82. The molecule has 0 spiro atoms. The molecule has 0 atom stereocenters. The second kappa shape index (κ2) is 8.70. The average Bonchev–Trinajstić information content (AvgIpc) is 2.99. The molecule has 0 aliphatic heterocycles. The second-order valence-corrected chi connectivity index (χ2v) is 7.16. The molecule has 1 amide bonds. The molecule has 0 radical (unpaired) electrons. The van der Waals surface area contributed by atoms with E-state index in [9.17, 15) is 4.79 Å². The van der Waals surface area contributed by atoms with Crippen LogP contribution in [0.5, 0.6) is 0 Å². The molecule has 28 heavy (non-hydrogen) atoms. The minimum absolute atomic E-state index is 0.00364. The van der Waals surface area contributed by atoms with E-state index in [1.54, 1.807) is 17.2 Å². The standard InChI is InChI=1S/C24H27N3O/c1-18-8-11-23(12-9-18)27-19(2)17-21(20(27)3)10-13-24(28)26(4)16-14-22-7-5-6-15-25-22/h5-13,15,17H,14,16H2,1-4H3/b13-10+. The van der Waals surface area contributed by atoms with Gasteiger partial charge in [0, 0.05) is 55.1 Å². The zero-order valence-electron chi connectivity index (χ0n) is 17.0. The predicted octanol–water partition coefficient (Wildman–Crippen LogP) is 4.51. The van der Waals surface area contributed by atoms with Crippen LogP contribution in [-0.4, -0.2) is 34.0 Å². The Bertz CT molecular complexity index is 969. The van der Waals surface area contributed by atoms with E-state index in [0.717, 1.165) is 34.8 Å². The largest absolute Gasteiger partial charge is 0.342 e. The van der Waals surface area contributed by atoms with Crippen molar-refractivity contribution in [3.8, 4) is 5.69 Å². The van der Waals surface area contributed by atoms with Crippen molar-refractivity contribution in [2.24, 2.45) is 0 Å². The molecule has 2 heterocycles. The number of hydrogen-bond donors (Lipinski definition) is 0. The van der Waals surface area contributed by atoms with Crippen molar-refractivity contribution in [2.75, 3.05) is 13.6 Å². The number of likely N-dealkylation sites (N-methyl/N-ethyl adjacent to an activating group) is 1. The summed E-state index contributed by atoms with van der Waals surface area (Å²) >= 11 is 0. The van der Waals surface area contributed by atoms with Crippen molar-refractivity contribution in [1.82, 2.24) is 14.5 Å². The Morgan fingerprint density at radius 3 is 2.54 bits per heavy atom. The quantitative estimate of drug-likeness (QED) is 0.596. The van der Waals surface area contributed by atoms with Crippen LogP contribution in [0, 0.1) is 20.8 Å². The maximum atomic E-state index is 12.5. The molecule has 4 nitrogen and oxygen atoms in total. The van der Waals surface area contributed by atoms with Gasteiger partial charge in [-0.3, -0.25) is 9.78 Å². The molecule has 4 heteroatoms. The number of amides is 1. The summed E-state index contributed by atoms with van der Waals surface area (Å²) in [6, 6.07) is 16.4. The number of pyridine rings is 1. The summed E-state index contributed by atoms with van der Waals surface area (Å²) in [5.41, 5.74) is 6.71. The third kappa shape index (κ3) is 4.58. The molecule has 0 aliphatic carbocycles. The Hall–Kier alpha value is -3.14. The lowest BCUT2D eigenvalue weighted by atomic mass is 10.2. The minimum atomic E-state index is -0.00364. The van der Waals surface area contributed by atoms with Gasteiger partial charge in [0.15, 0.2) is 0 Å². The van der Waals surface area contributed by atoms with Crippen molar-refractivity contribution in [1.29, 1.82) is 0 Å². The van der Waals surface area contributed by atoms with Gasteiger partial charge in [0.1, 0.15) is 0 Å². The van der Waals surface area contributed by atoms with Gasteiger partial charge in [-0.2, -0.15) is 0 Å². The lowest BCUT2D eigenvalue weighted by Gasteiger charge is -2.14. The molecule has 1 aromatic carbocycles. The molecule has 3 rings (SSSR count). The number of aromatic nitrogens is 2. The number of hydrogen-bond acceptors (Lipinski definition) is 2. The summed E-state index contributed by atoms with van der Waals surface area (Å²) in [4.78, 5) is 18.5. The molecule has 0 aliphatic rings. The van der Waals surface area contributed by atoms with Gasteiger partial charge in [-0.1, -0.05) is 23.8 Å². The van der Waals surface area contributed by atoms with E-state index in [-0.39, 0.29) is 5.91 Å². The van der Waals surface area contributed by atoms with Crippen molar-refractivity contribution >= 4 is 12.0 Å². The summed E-state index contributed by atoms with van der Waals surface area (Å²) in [6.45, 7) is 6.90. The molecule has 2 aromatic heterocycles. The van der Waals surface area contributed by atoms with Crippen LogP contribution >= 0.6 is 0 Å². The normalized spacial score (nSPS) is 11.1. The molecule has 3 aromatic rings. The average molecular weight is 374 g/mol. The van der Waals surface area contributed by atoms with Gasteiger partial charge in [-0.05, 0) is 62.7 Å². The van der Waals surface area contributed by atoms with Crippen LogP contribution in [-0.2, 0) is 11.2 Å². The highest BCUT2D eigenvalue weighted by Crippen LogP contribution is 2.22. The smallest absolute Gasteiger partial charge is 0.246 e. The number of nitrogens with zero attached hydrogens (tertiary/aromatic N) is 3. The molecule has 0 saturated heterocycles. The number of carbonyl (C=O) groups excluding carboxylic acids is 1. The molecule has 0 N–H and O–H groups in total. The highest BCUT2D eigenvalue weighted by Gasteiger charge is 2.10. The van der Waals surface area contributed by atoms with E-state index in [4.69, 9.17) is 0 Å². The minimum Gasteiger partial charge on any atom is -0.342 e. The van der Waals surface area contributed by atoms with Crippen LogP contribution in [0.25, 0.3) is 11.8 Å². The van der Waals surface area contributed by atoms with E-state index in [0.29, 0.717) is 6.54 Å². The molecular weight excluding hydrogens is 346 g/mol. The fourth-order valence-corrected chi connectivity index (χ4v) is 3.27. The van der Waals surface area contributed by atoms with Crippen LogP contribution in [0.15, 0.2) is 60.8 Å². The van der Waals surface area contributed by atoms with Crippen LogP contribution in [0.3, 0.4) is 0 Å². The maximum absolute atomic E-state index is 12.5. The monoisotopic (exact) mass is 373 g/mol. The molecular formula is C24H27N3O. The molecule has 144 valence electrons. The summed E-state index contributed by atoms with van der Waals surface area (Å²) < 4.78 is 2.22. The maximum Gasteiger partial charge on any atom is 0.246 e. The van der Waals surface area contributed by atoms with Gasteiger partial charge in [0.05, 0.1) is 0 Å². The SMILES string of the molecule is Cc1ccc(-n2c(C)cc(/C=C/C(=O)N(C)CCc3ccccn3)c2C)cc1. The zero-order valence-corrected chi connectivity index (χ0v) is 17.0. The Balaban J connectivity index is 1.69. The van der Waals surface area contributed by atoms with E-state index < -0.39 is 0 Å². The zero-order chi connectivity index (χ0) is 20.1. The second-order valence-electron chi connectivity index (χ2n) is 7.16. The molecule has 0 bridgehead atoms.